The second-order valence-corrected chi connectivity index (χ2v) is 3.74. The van der Waals surface area contributed by atoms with Gasteiger partial charge in [-0.1, -0.05) is 0 Å². The predicted molar refractivity (Wildman–Crippen MR) is 51.2 cm³/mol. The number of hydrogen-bond donors (Lipinski definition) is 1. The summed E-state index contributed by atoms with van der Waals surface area (Å²) in [6, 6.07) is 2.86. The number of thiazole rings is 1. The van der Waals surface area contributed by atoms with E-state index in [1.54, 1.807) is 0 Å². The van der Waals surface area contributed by atoms with Gasteiger partial charge in [0.15, 0.2) is 5.82 Å². The standard InChI is InChI=1S/C9H7FN2OS/c10-7-2-1-3-11-8(7)9-12-4-6(5-13)14-9/h1-4,13H,5H2. The van der Waals surface area contributed by atoms with Crippen LogP contribution in [0.2, 0.25) is 0 Å². The van der Waals surface area contributed by atoms with Gasteiger partial charge in [-0.2, -0.15) is 0 Å². The predicted octanol–water partition coefficient (Wildman–Crippen LogP) is 1.84. The van der Waals surface area contributed by atoms with E-state index in [0.717, 1.165) is 0 Å². The van der Waals surface area contributed by atoms with Gasteiger partial charge in [0.1, 0.15) is 10.7 Å². The van der Waals surface area contributed by atoms with Crippen molar-refractivity contribution >= 4 is 11.3 Å². The van der Waals surface area contributed by atoms with Crippen LogP contribution in [0, 0.1) is 5.82 Å². The number of nitrogens with zero attached hydrogens (tertiary/aromatic N) is 2. The summed E-state index contributed by atoms with van der Waals surface area (Å²) in [5.41, 5.74) is 0.234. The summed E-state index contributed by atoms with van der Waals surface area (Å²) < 4.78 is 13.2. The van der Waals surface area contributed by atoms with Crippen molar-refractivity contribution in [3.63, 3.8) is 0 Å². The molecule has 0 aromatic carbocycles. The van der Waals surface area contributed by atoms with E-state index >= 15 is 0 Å². The number of pyridine rings is 1. The maximum absolute atomic E-state index is 13.2. The van der Waals surface area contributed by atoms with Crippen LogP contribution in [-0.2, 0) is 6.61 Å². The molecule has 2 heterocycles. The fourth-order valence-electron chi connectivity index (χ4n) is 1.03. The van der Waals surface area contributed by atoms with Crippen LogP contribution >= 0.6 is 11.3 Å². The number of rotatable bonds is 2. The van der Waals surface area contributed by atoms with Crippen molar-refractivity contribution in [3.05, 3.63) is 35.2 Å². The van der Waals surface area contributed by atoms with Crippen molar-refractivity contribution in [1.82, 2.24) is 9.97 Å². The average Bonchev–Trinajstić information content (AvgIpc) is 2.67. The quantitative estimate of drug-likeness (QED) is 0.822. The summed E-state index contributed by atoms with van der Waals surface area (Å²) in [5.74, 6) is -0.397. The second kappa shape index (κ2) is 3.81. The molecule has 5 heteroatoms. The third-order valence-electron chi connectivity index (χ3n) is 1.67. The SMILES string of the molecule is OCc1cnc(-c2ncccc2F)s1. The van der Waals surface area contributed by atoms with Crippen LogP contribution < -0.4 is 0 Å². The fraction of sp³-hybridized carbons (Fsp3) is 0.111. The van der Waals surface area contributed by atoms with Crippen molar-refractivity contribution < 1.29 is 9.50 Å². The molecule has 72 valence electrons. The van der Waals surface area contributed by atoms with E-state index in [4.69, 9.17) is 5.11 Å². The van der Waals surface area contributed by atoms with Crippen LogP contribution in [0.25, 0.3) is 10.7 Å². The van der Waals surface area contributed by atoms with Crippen molar-refractivity contribution in [3.8, 4) is 10.7 Å². The zero-order valence-corrected chi connectivity index (χ0v) is 7.96. The second-order valence-electron chi connectivity index (χ2n) is 2.62. The average molecular weight is 210 g/mol. The third kappa shape index (κ3) is 1.64. The molecule has 3 nitrogen and oxygen atoms in total. The van der Waals surface area contributed by atoms with Crippen LogP contribution in [-0.4, -0.2) is 15.1 Å². The number of aliphatic hydroxyl groups excluding tert-OH is 1. The molecule has 0 amide bonds. The molecule has 0 aliphatic carbocycles. The Labute approximate surface area is 83.9 Å². The lowest BCUT2D eigenvalue weighted by atomic mass is 10.3. The smallest absolute Gasteiger partial charge is 0.151 e. The zero-order chi connectivity index (χ0) is 9.97. The molecule has 0 atom stereocenters. The van der Waals surface area contributed by atoms with Gasteiger partial charge in [0.2, 0.25) is 0 Å². The molecule has 0 aliphatic rings. The first-order chi connectivity index (χ1) is 6.81. The molecule has 0 saturated heterocycles. The van der Waals surface area contributed by atoms with Gasteiger partial charge < -0.3 is 5.11 Å². The molecule has 0 radical (unpaired) electrons. The normalized spacial score (nSPS) is 10.4. The van der Waals surface area contributed by atoms with Gasteiger partial charge in [-0.3, -0.25) is 4.98 Å². The molecular formula is C9H7FN2OS. The van der Waals surface area contributed by atoms with E-state index in [1.165, 1.54) is 35.9 Å². The molecular weight excluding hydrogens is 203 g/mol. The van der Waals surface area contributed by atoms with Gasteiger partial charge in [0.05, 0.1) is 11.5 Å². The number of halogens is 1. The first-order valence-corrected chi connectivity index (χ1v) is 4.79. The largest absolute Gasteiger partial charge is 0.391 e. The molecule has 2 aromatic rings. The minimum absolute atomic E-state index is 0.0773. The van der Waals surface area contributed by atoms with E-state index in [1.807, 2.05) is 0 Å². The van der Waals surface area contributed by atoms with Gasteiger partial charge in [0, 0.05) is 12.4 Å². The molecule has 0 unspecified atom stereocenters. The van der Waals surface area contributed by atoms with E-state index < -0.39 is 5.82 Å². The minimum Gasteiger partial charge on any atom is -0.391 e. The van der Waals surface area contributed by atoms with Crippen LogP contribution in [0.5, 0.6) is 0 Å². The Hall–Kier alpha value is -1.33. The summed E-state index contributed by atoms with van der Waals surface area (Å²) in [4.78, 5) is 8.56. The first kappa shape index (κ1) is 9.23. The van der Waals surface area contributed by atoms with Crippen LogP contribution in [0.4, 0.5) is 4.39 Å². The molecule has 14 heavy (non-hydrogen) atoms. The summed E-state index contributed by atoms with van der Waals surface area (Å²) in [6.07, 6.45) is 3.03. The monoisotopic (exact) mass is 210 g/mol. The number of hydrogen-bond acceptors (Lipinski definition) is 4. The fourth-order valence-corrected chi connectivity index (χ4v) is 1.80. The third-order valence-corrected chi connectivity index (χ3v) is 2.66. The molecule has 2 aromatic heterocycles. The maximum atomic E-state index is 13.2. The van der Waals surface area contributed by atoms with Gasteiger partial charge >= 0.3 is 0 Å². The maximum Gasteiger partial charge on any atom is 0.151 e. The van der Waals surface area contributed by atoms with Crippen LogP contribution in [0.1, 0.15) is 4.88 Å². The summed E-state index contributed by atoms with van der Waals surface area (Å²) in [7, 11) is 0. The minimum atomic E-state index is -0.397. The topological polar surface area (TPSA) is 46.0 Å². The highest BCUT2D eigenvalue weighted by molar-refractivity contribution is 7.14. The molecule has 1 N–H and O–H groups in total. The highest BCUT2D eigenvalue weighted by Gasteiger charge is 2.09. The van der Waals surface area contributed by atoms with Crippen LogP contribution in [0.15, 0.2) is 24.5 Å². The Morgan fingerprint density at radius 3 is 2.93 bits per heavy atom. The summed E-state index contributed by atoms with van der Waals surface area (Å²) in [5, 5.41) is 9.32. The van der Waals surface area contributed by atoms with E-state index in [2.05, 4.69) is 9.97 Å². The Bertz CT molecular complexity index is 444. The van der Waals surface area contributed by atoms with Gasteiger partial charge in [-0.05, 0) is 12.1 Å². The van der Waals surface area contributed by atoms with E-state index in [9.17, 15) is 4.39 Å². The van der Waals surface area contributed by atoms with Gasteiger partial charge in [-0.15, -0.1) is 11.3 Å². The lowest BCUT2D eigenvalue weighted by Crippen LogP contribution is -1.86. The molecule has 0 spiro atoms. The lowest BCUT2D eigenvalue weighted by Gasteiger charge is -1.95. The molecule has 0 bridgehead atoms. The van der Waals surface area contributed by atoms with Gasteiger partial charge in [-0.25, -0.2) is 9.37 Å². The Balaban J connectivity index is 2.44. The Kier molecular flexibility index (Phi) is 2.51. The molecule has 2 rings (SSSR count). The molecule has 0 aliphatic heterocycles. The van der Waals surface area contributed by atoms with Crippen molar-refractivity contribution in [2.75, 3.05) is 0 Å². The first-order valence-electron chi connectivity index (χ1n) is 3.97. The molecule has 0 fully saturated rings. The number of aromatic nitrogens is 2. The van der Waals surface area contributed by atoms with Crippen molar-refractivity contribution in [1.29, 1.82) is 0 Å². The van der Waals surface area contributed by atoms with Crippen LogP contribution in [0.3, 0.4) is 0 Å². The van der Waals surface area contributed by atoms with Crippen molar-refractivity contribution in [2.45, 2.75) is 6.61 Å². The summed E-state index contributed by atoms with van der Waals surface area (Å²) >= 11 is 1.24. The Morgan fingerprint density at radius 1 is 1.43 bits per heavy atom. The van der Waals surface area contributed by atoms with Gasteiger partial charge in [0.25, 0.3) is 0 Å². The Morgan fingerprint density at radius 2 is 2.29 bits per heavy atom. The number of aliphatic hydroxyl groups is 1. The highest BCUT2D eigenvalue weighted by Crippen LogP contribution is 2.25. The highest BCUT2D eigenvalue weighted by atomic mass is 32.1. The van der Waals surface area contributed by atoms with E-state index in [-0.39, 0.29) is 12.3 Å². The van der Waals surface area contributed by atoms with E-state index in [0.29, 0.717) is 9.88 Å². The molecule has 0 saturated carbocycles. The summed E-state index contributed by atoms with van der Waals surface area (Å²) in [6.45, 7) is -0.0773. The van der Waals surface area contributed by atoms with Crippen molar-refractivity contribution in [2.24, 2.45) is 0 Å². The zero-order valence-electron chi connectivity index (χ0n) is 7.14. The lowest BCUT2D eigenvalue weighted by molar-refractivity contribution is 0.285.